The van der Waals surface area contributed by atoms with Crippen LogP contribution in [0.4, 0.5) is 5.69 Å². The van der Waals surface area contributed by atoms with Crippen molar-refractivity contribution in [2.45, 2.75) is 13.3 Å². The van der Waals surface area contributed by atoms with Gasteiger partial charge >= 0.3 is 0 Å². The minimum atomic E-state index is 0.612. The van der Waals surface area contributed by atoms with Gasteiger partial charge in [0, 0.05) is 25.6 Å². The summed E-state index contributed by atoms with van der Waals surface area (Å²) in [6, 6.07) is 14.7. The van der Waals surface area contributed by atoms with E-state index < -0.39 is 0 Å². The average molecular weight is 253 g/mol. The lowest BCUT2D eigenvalue weighted by molar-refractivity contribution is 0.387. The quantitative estimate of drug-likeness (QED) is 0.775. The van der Waals surface area contributed by atoms with Gasteiger partial charge in [-0.15, -0.1) is 0 Å². The number of nitrogens with one attached hydrogen (secondary N) is 1. The number of fused-ring (bicyclic) bond motifs is 1. The number of benzene rings is 2. The first-order chi connectivity index (χ1) is 9.31. The van der Waals surface area contributed by atoms with E-state index in [1.54, 1.807) is 6.92 Å². The summed E-state index contributed by atoms with van der Waals surface area (Å²) in [5.74, 6) is 1.35. The molecule has 1 N–H and O–H groups in total. The topological polar surface area (TPSA) is 51.0 Å². The van der Waals surface area contributed by atoms with Crippen LogP contribution in [0.1, 0.15) is 11.7 Å². The molecule has 0 bridgehead atoms. The largest absolute Gasteiger partial charge is 0.385 e. The smallest absolute Gasteiger partial charge is 0.223 e. The van der Waals surface area contributed by atoms with Gasteiger partial charge < -0.3 is 9.84 Å². The van der Waals surface area contributed by atoms with Crippen LogP contribution in [0.5, 0.6) is 0 Å². The molecule has 4 nitrogen and oxygen atoms in total. The molecule has 0 fully saturated rings. The van der Waals surface area contributed by atoms with E-state index in [9.17, 15) is 0 Å². The monoisotopic (exact) mass is 253 g/mol. The predicted molar refractivity (Wildman–Crippen MR) is 75.2 cm³/mol. The second kappa shape index (κ2) is 5.10. The summed E-state index contributed by atoms with van der Waals surface area (Å²) < 4.78 is 4.94. The highest BCUT2D eigenvalue weighted by molar-refractivity contribution is 5.85. The number of rotatable bonds is 4. The molecule has 2 aromatic carbocycles. The van der Waals surface area contributed by atoms with Crippen molar-refractivity contribution in [2.75, 3.05) is 11.9 Å². The average Bonchev–Trinajstić information content (AvgIpc) is 2.84. The van der Waals surface area contributed by atoms with Gasteiger partial charge in [0.05, 0.1) is 0 Å². The number of hydrogen-bond donors (Lipinski definition) is 1. The Balaban J connectivity index is 1.65. The Morgan fingerprint density at radius 2 is 1.95 bits per heavy atom. The van der Waals surface area contributed by atoms with Crippen molar-refractivity contribution in [2.24, 2.45) is 0 Å². The molecule has 1 aromatic heterocycles. The number of nitrogens with zero attached hydrogens (tertiary/aromatic N) is 2. The second-order valence-corrected chi connectivity index (χ2v) is 4.47. The van der Waals surface area contributed by atoms with Gasteiger partial charge in [-0.2, -0.15) is 4.98 Å². The Morgan fingerprint density at radius 1 is 1.11 bits per heavy atom. The van der Waals surface area contributed by atoms with Crippen LogP contribution in [-0.2, 0) is 6.42 Å². The fraction of sp³-hybridized carbons (Fsp3) is 0.200. The van der Waals surface area contributed by atoms with E-state index in [-0.39, 0.29) is 0 Å². The van der Waals surface area contributed by atoms with E-state index >= 15 is 0 Å². The molecular weight excluding hydrogens is 238 g/mol. The number of hydrogen-bond acceptors (Lipinski definition) is 4. The highest BCUT2D eigenvalue weighted by Gasteiger charge is 2.01. The van der Waals surface area contributed by atoms with E-state index in [1.807, 2.05) is 12.1 Å². The van der Waals surface area contributed by atoms with Gasteiger partial charge in [0.25, 0.3) is 0 Å². The van der Waals surface area contributed by atoms with Gasteiger partial charge in [0.15, 0.2) is 5.82 Å². The SMILES string of the molecule is Cc1nc(CCNc2ccc3ccccc3c2)no1. The molecule has 3 rings (SSSR count). The normalized spacial score (nSPS) is 10.8. The van der Waals surface area contributed by atoms with Crippen LogP contribution in [0, 0.1) is 6.92 Å². The standard InChI is InChI=1S/C15H15N3O/c1-11-17-15(18-19-11)8-9-16-14-7-6-12-4-2-3-5-13(12)10-14/h2-7,10,16H,8-9H2,1H3. The maximum Gasteiger partial charge on any atom is 0.223 e. The first-order valence-corrected chi connectivity index (χ1v) is 6.33. The van der Waals surface area contributed by atoms with Crippen molar-refractivity contribution in [3.63, 3.8) is 0 Å². The van der Waals surface area contributed by atoms with E-state index in [0.717, 1.165) is 24.5 Å². The van der Waals surface area contributed by atoms with E-state index in [2.05, 4.69) is 45.8 Å². The molecule has 0 atom stereocenters. The van der Waals surface area contributed by atoms with Gasteiger partial charge in [0.1, 0.15) is 0 Å². The molecule has 0 spiro atoms. The van der Waals surface area contributed by atoms with E-state index in [4.69, 9.17) is 4.52 Å². The van der Waals surface area contributed by atoms with Gasteiger partial charge in [0.2, 0.25) is 5.89 Å². The molecule has 0 unspecified atom stereocenters. The molecule has 0 radical (unpaired) electrons. The summed E-state index contributed by atoms with van der Waals surface area (Å²) in [5, 5.41) is 9.73. The first kappa shape index (κ1) is 11.7. The van der Waals surface area contributed by atoms with Crippen LogP contribution >= 0.6 is 0 Å². The fourth-order valence-corrected chi connectivity index (χ4v) is 2.06. The molecule has 1 heterocycles. The summed E-state index contributed by atoms with van der Waals surface area (Å²) in [6.45, 7) is 2.59. The van der Waals surface area contributed by atoms with Gasteiger partial charge in [-0.25, -0.2) is 0 Å². The summed E-state index contributed by atoms with van der Waals surface area (Å²) in [5.41, 5.74) is 1.11. The Hall–Kier alpha value is -2.36. The molecule has 0 aliphatic carbocycles. The number of anilines is 1. The third-order valence-corrected chi connectivity index (χ3v) is 3.00. The first-order valence-electron chi connectivity index (χ1n) is 6.33. The van der Waals surface area contributed by atoms with Gasteiger partial charge in [-0.1, -0.05) is 35.5 Å². The van der Waals surface area contributed by atoms with Gasteiger partial charge in [-0.05, 0) is 22.9 Å². The summed E-state index contributed by atoms with van der Waals surface area (Å²) in [7, 11) is 0. The lowest BCUT2D eigenvalue weighted by atomic mass is 10.1. The van der Waals surface area contributed by atoms with Crippen molar-refractivity contribution in [3.05, 3.63) is 54.2 Å². The van der Waals surface area contributed by atoms with Crippen LogP contribution in [0.2, 0.25) is 0 Å². The third-order valence-electron chi connectivity index (χ3n) is 3.00. The van der Waals surface area contributed by atoms with Crippen molar-refractivity contribution < 1.29 is 4.52 Å². The van der Waals surface area contributed by atoms with Gasteiger partial charge in [-0.3, -0.25) is 0 Å². The minimum Gasteiger partial charge on any atom is -0.385 e. The van der Waals surface area contributed by atoms with Crippen LogP contribution in [-0.4, -0.2) is 16.7 Å². The Bertz CT molecular complexity index is 690. The maximum absolute atomic E-state index is 4.94. The zero-order valence-electron chi connectivity index (χ0n) is 10.8. The summed E-state index contributed by atoms with van der Waals surface area (Å²) in [6.07, 6.45) is 0.754. The second-order valence-electron chi connectivity index (χ2n) is 4.47. The highest BCUT2D eigenvalue weighted by atomic mass is 16.5. The molecule has 96 valence electrons. The molecule has 0 aliphatic rings. The molecule has 0 amide bonds. The zero-order chi connectivity index (χ0) is 13.1. The Kier molecular flexibility index (Phi) is 3.14. The van der Waals surface area contributed by atoms with Crippen molar-refractivity contribution in [1.82, 2.24) is 10.1 Å². The van der Waals surface area contributed by atoms with E-state index in [0.29, 0.717) is 5.89 Å². The lowest BCUT2D eigenvalue weighted by Gasteiger charge is -2.06. The molecule has 3 aromatic rings. The zero-order valence-corrected chi connectivity index (χ0v) is 10.8. The minimum absolute atomic E-state index is 0.612. The summed E-state index contributed by atoms with van der Waals surface area (Å²) in [4.78, 5) is 4.17. The molecule has 0 saturated heterocycles. The summed E-state index contributed by atoms with van der Waals surface area (Å²) >= 11 is 0. The molecule has 0 saturated carbocycles. The maximum atomic E-state index is 4.94. The number of aromatic nitrogens is 2. The molecule has 0 aliphatic heterocycles. The fourth-order valence-electron chi connectivity index (χ4n) is 2.06. The predicted octanol–water partition coefficient (Wildman–Crippen LogP) is 3.19. The van der Waals surface area contributed by atoms with Crippen LogP contribution in [0.25, 0.3) is 10.8 Å². The Morgan fingerprint density at radius 3 is 2.74 bits per heavy atom. The van der Waals surface area contributed by atoms with Crippen molar-refractivity contribution in [1.29, 1.82) is 0 Å². The lowest BCUT2D eigenvalue weighted by Crippen LogP contribution is -2.05. The third kappa shape index (κ3) is 2.73. The molecular formula is C15H15N3O. The van der Waals surface area contributed by atoms with Crippen LogP contribution in [0.15, 0.2) is 47.0 Å². The van der Waals surface area contributed by atoms with Crippen LogP contribution in [0.3, 0.4) is 0 Å². The number of aryl methyl sites for hydroxylation is 1. The van der Waals surface area contributed by atoms with E-state index in [1.165, 1.54) is 10.8 Å². The molecule has 4 heteroatoms. The Labute approximate surface area is 111 Å². The highest BCUT2D eigenvalue weighted by Crippen LogP contribution is 2.18. The van der Waals surface area contributed by atoms with Crippen molar-refractivity contribution in [3.8, 4) is 0 Å². The molecule has 19 heavy (non-hydrogen) atoms. The van der Waals surface area contributed by atoms with Crippen LogP contribution < -0.4 is 5.32 Å². The van der Waals surface area contributed by atoms with Crippen molar-refractivity contribution >= 4 is 16.5 Å².